The average Bonchev–Trinajstić information content (AvgIpc) is 2.95. The van der Waals surface area contributed by atoms with Gasteiger partial charge in [0.2, 0.25) is 0 Å². The molecule has 0 unspecified atom stereocenters. The number of benzene rings is 2. The Kier molecular flexibility index (Phi) is 4.88. The van der Waals surface area contributed by atoms with Gasteiger partial charge in [-0.2, -0.15) is 5.10 Å². The van der Waals surface area contributed by atoms with Crippen LogP contribution in [-0.4, -0.2) is 22.3 Å². The molecule has 2 aromatic carbocycles. The van der Waals surface area contributed by atoms with Gasteiger partial charge in [-0.3, -0.25) is 10.4 Å². The standard InChI is InChI=1S/C19H22N4O2/c1-12(2)20-19(24)21-18-16-9-8-15(10-17(16)22-23-18)25-11-14-7-5-4-6-13(14)3/h4-10,12H,11H2,1-3H3,(H3,20,21,22,23,24). The van der Waals surface area contributed by atoms with Crippen molar-refractivity contribution in [3.05, 3.63) is 53.6 Å². The van der Waals surface area contributed by atoms with E-state index < -0.39 is 0 Å². The zero-order valence-corrected chi connectivity index (χ0v) is 14.6. The van der Waals surface area contributed by atoms with Crippen molar-refractivity contribution in [3.8, 4) is 5.75 Å². The van der Waals surface area contributed by atoms with E-state index in [1.54, 1.807) is 0 Å². The predicted molar refractivity (Wildman–Crippen MR) is 98.9 cm³/mol. The number of amides is 2. The molecule has 0 fully saturated rings. The molecule has 0 atom stereocenters. The third-order valence-corrected chi connectivity index (χ3v) is 3.84. The summed E-state index contributed by atoms with van der Waals surface area (Å²) in [7, 11) is 0. The van der Waals surface area contributed by atoms with Crippen molar-refractivity contribution in [1.29, 1.82) is 0 Å². The lowest BCUT2D eigenvalue weighted by atomic mass is 10.1. The van der Waals surface area contributed by atoms with Crippen LogP contribution in [0.3, 0.4) is 0 Å². The van der Waals surface area contributed by atoms with Crippen LogP contribution < -0.4 is 15.4 Å². The van der Waals surface area contributed by atoms with E-state index in [1.807, 2.05) is 44.2 Å². The summed E-state index contributed by atoms with van der Waals surface area (Å²) < 4.78 is 5.88. The molecule has 3 rings (SSSR count). The number of carbonyl (C=O) groups is 1. The zero-order valence-electron chi connectivity index (χ0n) is 14.6. The van der Waals surface area contributed by atoms with Gasteiger partial charge in [0.25, 0.3) is 0 Å². The third-order valence-electron chi connectivity index (χ3n) is 3.84. The van der Waals surface area contributed by atoms with Gasteiger partial charge < -0.3 is 10.1 Å². The molecule has 0 aliphatic carbocycles. The number of aryl methyl sites for hydroxylation is 1. The molecule has 0 spiro atoms. The number of nitrogens with zero attached hydrogens (tertiary/aromatic N) is 1. The first-order chi connectivity index (χ1) is 12.0. The van der Waals surface area contributed by atoms with Crippen molar-refractivity contribution in [3.63, 3.8) is 0 Å². The number of rotatable bonds is 5. The summed E-state index contributed by atoms with van der Waals surface area (Å²) in [5, 5.41) is 13.4. The first-order valence-corrected chi connectivity index (χ1v) is 8.26. The number of anilines is 1. The van der Waals surface area contributed by atoms with Crippen LogP contribution in [0.2, 0.25) is 0 Å². The van der Waals surface area contributed by atoms with Crippen molar-refractivity contribution in [2.45, 2.75) is 33.4 Å². The first kappa shape index (κ1) is 16.8. The maximum absolute atomic E-state index is 11.8. The van der Waals surface area contributed by atoms with E-state index in [1.165, 1.54) is 5.56 Å². The number of H-pyrrole nitrogens is 1. The highest BCUT2D eigenvalue weighted by molar-refractivity contribution is 5.99. The van der Waals surface area contributed by atoms with Crippen LogP contribution in [0.5, 0.6) is 5.75 Å². The molecule has 130 valence electrons. The van der Waals surface area contributed by atoms with Crippen LogP contribution >= 0.6 is 0 Å². The summed E-state index contributed by atoms with van der Waals surface area (Å²) in [5.41, 5.74) is 3.16. The maximum atomic E-state index is 11.8. The van der Waals surface area contributed by atoms with Crippen LogP contribution in [0.1, 0.15) is 25.0 Å². The SMILES string of the molecule is Cc1ccccc1COc1ccc2c(NC(=O)NC(C)C)n[nH]c2c1. The molecule has 25 heavy (non-hydrogen) atoms. The zero-order chi connectivity index (χ0) is 17.8. The quantitative estimate of drug-likeness (QED) is 0.658. The molecule has 6 heteroatoms. The van der Waals surface area contributed by atoms with Gasteiger partial charge in [-0.15, -0.1) is 0 Å². The Morgan fingerprint density at radius 2 is 2.04 bits per heavy atom. The summed E-state index contributed by atoms with van der Waals surface area (Å²) in [6, 6.07) is 13.6. The van der Waals surface area contributed by atoms with Crippen molar-refractivity contribution < 1.29 is 9.53 Å². The fourth-order valence-electron chi connectivity index (χ4n) is 2.52. The minimum Gasteiger partial charge on any atom is -0.489 e. The molecule has 2 amide bonds. The molecule has 0 aliphatic heterocycles. The fraction of sp³-hybridized carbons (Fsp3) is 0.263. The predicted octanol–water partition coefficient (Wildman–Crippen LogP) is 3.98. The minimum atomic E-state index is -0.275. The summed E-state index contributed by atoms with van der Waals surface area (Å²) in [6.45, 7) is 6.38. The van der Waals surface area contributed by atoms with Gasteiger partial charge in [0.05, 0.1) is 5.52 Å². The third kappa shape index (κ3) is 4.09. The van der Waals surface area contributed by atoms with E-state index in [0.29, 0.717) is 12.4 Å². The lowest BCUT2D eigenvalue weighted by Gasteiger charge is -2.09. The number of hydrogen-bond donors (Lipinski definition) is 3. The van der Waals surface area contributed by atoms with Crippen molar-refractivity contribution in [2.75, 3.05) is 5.32 Å². The number of aromatic nitrogens is 2. The van der Waals surface area contributed by atoms with E-state index >= 15 is 0 Å². The molecule has 0 bridgehead atoms. The van der Waals surface area contributed by atoms with Crippen LogP contribution in [-0.2, 0) is 6.61 Å². The van der Waals surface area contributed by atoms with Crippen molar-refractivity contribution >= 4 is 22.8 Å². The monoisotopic (exact) mass is 338 g/mol. The highest BCUT2D eigenvalue weighted by Crippen LogP contribution is 2.25. The fourth-order valence-corrected chi connectivity index (χ4v) is 2.52. The van der Waals surface area contributed by atoms with Crippen LogP contribution in [0.25, 0.3) is 10.9 Å². The number of fused-ring (bicyclic) bond motifs is 1. The Hall–Kier alpha value is -3.02. The van der Waals surface area contributed by atoms with Crippen molar-refractivity contribution in [2.24, 2.45) is 0 Å². The molecular weight excluding hydrogens is 316 g/mol. The molecule has 6 nitrogen and oxygen atoms in total. The smallest absolute Gasteiger partial charge is 0.320 e. The summed E-state index contributed by atoms with van der Waals surface area (Å²) in [5.74, 6) is 1.25. The highest BCUT2D eigenvalue weighted by atomic mass is 16.5. The van der Waals surface area contributed by atoms with Crippen LogP contribution in [0.4, 0.5) is 10.6 Å². The van der Waals surface area contributed by atoms with Gasteiger partial charge in [-0.1, -0.05) is 24.3 Å². The second-order valence-electron chi connectivity index (χ2n) is 6.25. The summed E-state index contributed by atoms with van der Waals surface area (Å²) in [6.07, 6.45) is 0. The Bertz CT molecular complexity index is 886. The van der Waals surface area contributed by atoms with E-state index in [0.717, 1.165) is 22.2 Å². The van der Waals surface area contributed by atoms with Crippen molar-refractivity contribution in [1.82, 2.24) is 15.5 Å². The Labute approximate surface area is 146 Å². The number of nitrogens with one attached hydrogen (secondary N) is 3. The van der Waals surface area contributed by atoms with E-state index in [-0.39, 0.29) is 12.1 Å². The van der Waals surface area contributed by atoms with Crippen LogP contribution in [0, 0.1) is 6.92 Å². The number of aromatic amines is 1. The Morgan fingerprint density at radius 3 is 2.80 bits per heavy atom. The second-order valence-corrected chi connectivity index (χ2v) is 6.25. The second kappa shape index (κ2) is 7.25. The average molecular weight is 338 g/mol. The lowest BCUT2D eigenvalue weighted by molar-refractivity contribution is 0.250. The molecule has 3 aromatic rings. The Morgan fingerprint density at radius 1 is 1.24 bits per heavy atom. The number of ether oxygens (including phenoxy) is 1. The lowest BCUT2D eigenvalue weighted by Crippen LogP contribution is -2.34. The summed E-state index contributed by atoms with van der Waals surface area (Å²) >= 11 is 0. The van der Waals surface area contributed by atoms with Gasteiger partial charge in [0.1, 0.15) is 12.4 Å². The molecule has 0 aliphatic rings. The number of carbonyl (C=O) groups excluding carboxylic acids is 1. The molecule has 0 saturated heterocycles. The molecule has 1 heterocycles. The summed E-state index contributed by atoms with van der Waals surface area (Å²) in [4.78, 5) is 11.8. The highest BCUT2D eigenvalue weighted by Gasteiger charge is 2.11. The normalized spacial score (nSPS) is 10.9. The van der Waals surface area contributed by atoms with E-state index in [2.05, 4.69) is 39.9 Å². The molecule has 0 saturated carbocycles. The number of hydrogen-bond acceptors (Lipinski definition) is 3. The largest absolute Gasteiger partial charge is 0.489 e. The van der Waals surface area contributed by atoms with Gasteiger partial charge >= 0.3 is 6.03 Å². The Balaban J connectivity index is 1.71. The van der Waals surface area contributed by atoms with Crippen LogP contribution in [0.15, 0.2) is 42.5 Å². The maximum Gasteiger partial charge on any atom is 0.320 e. The number of urea groups is 1. The van der Waals surface area contributed by atoms with Gasteiger partial charge in [0.15, 0.2) is 5.82 Å². The van der Waals surface area contributed by atoms with E-state index in [9.17, 15) is 4.79 Å². The molecular formula is C19H22N4O2. The molecule has 3 N–H and O–H groups in total. The first-order valence-electron chi connectivity index (χ1n) is 8.26. The van der Waals surface area contributed by atoms with E-state index in [4.69, 9.17) is 4.74 Å². The van der Waals surface area contributed by atoms with Gasteiger partial charge in [0, 0.05) is 17.5 Å². The minimum absolute atomic E-state index is 0.0617. The molecule has 0 radical (unpaired) electrons. The topological polar surface area (TPSA) is 79.0 Å². The molecule has 1 aromatic heterocycles. The van der Waals surface area contributed by atoms with Gasteiger partial charge in [-0.25, -0.2) is 4.79 Å². The van der Waals surface area contributed by atoms with Gasteiger partial charge in [-0.05, 0) is 44.0 Å².